The molecule has 30 atom stereocenters. The monoisotopic (exact) mass is 1460 g/mol. The van der Waals surface area contributed by atoms with Crippen molar-refractivity contribution in [3.8, 4) is 0 Å². The summed E-state index contributed by atoms with van der Waals surface area (Å²) >= 11 is 0. The summed E-state index contributed by atoms with van der Waals surface area (Å²) < 4.78 is 43.1. The maximum Gasteiger partial charge on any atom is 0.330 e. The lowest BCUT2D eigenvalue weighted by Gasteiger charge is -2.47. The summed E-state index contributed by atoms with van der Waals surface area (Å²) in [5.41, 5.74) is -0.565. The standard InChI is InChI=1S/C77H122O26/c1-13-62(99-66-38-76(12,95)74(48(11)98-66)102-65-29-27-63(47(10)97-65)100-75(94)46(9)71(92)49-23-26-58-59(31-49)61(86)30-42(5)67(58)88)43(6)69(90)44(7)70(91)45(8)72-41(4)21-25-51(79)16-14-18-52(80)32-54(82)33-55(83)34-57-35-56(84)37-77(96,103-57)73(93)68(89)40(3)20-24-50(78)17-15-19-53(81)36-60(85)39(2)22-28-64(87)101-72/h21-23,25-26,28,30-31,39-41,43-48,50-57,60,62-63,65-66,68-72,74,78-85,89-92,95-96H,13-20,24,27,29,32-38H2,1-12H3. The minimum atomic E-state index is -2.58. The zero-order valence-electron chi connectivity index (χ0n) is 62.2. The van der Waals surface area contributed by atoms with E-state index in [0.29, 0.717) is 31.3 Å². The summed E-state index contributed by atoms with van der Waals surface area (Å²) in [5, 5.41) is 157. The van der Waals surface area contributed by atoms with E-state index >= 15 is 0 Å². The molecule has 0 amide bonds. The molecule has 6 rings (SSSR count). The zero-order chi connectivity index (χ0) is 76.7. The average Bonchev–Trinajstić information content (AvgIpc) is 0.797. The molecule has 5 aliphatic rings. The lowest BCUT2D eigenvalue weighted by atomic mass is 9.78. The molecule has 0 spiro atoms. The Morgan fingerprint density at radius 1 is 0.650 bits per heavy atom. The number of hydrogen-bond donors (Lipinski definition) is 14. The van der Waals surface area contributed by atoms with Gasteiger partial charge in [-0.2, -0.15) is 0 Å². The SMILES string of the molecule is CCC(OC1CC(C)(O)C(OC2CCC(OC(=O)C(C)C(O)c3ccc4c(c3)C(=O)C=C(C)C4=O)C(C)O2)C(C)O1)C(C)C(O)C(C)C(O)C(C)C1OC(=O)C=CC(C)C(O)CC(O)CCCC(O)CCC(C)C(O)C(=O)C2(O)CC(O)CC(CC(O)CC(O)CC(O)CCCC(O)C=CC1C)O2. The van der Waals surface area contributed by atoms with Crippen LogP contribution in [0.15, 0.2) is 54.2 Å². The number of cyclic esters (lactones) is 1. The van der Waals surface area contributed by atoms with Crippen molar-refractivity contribution >= 4 is 29.3 Å². The highest BCUT2D eigenvalue weighted by Gasteiger charge is 2.51. The van der Waals surface area contributed by atoms with Crippen LogP contribution in [0.5, 0.6) is 0 Å². The van der Waals surface area contributed by atoms with Crippen LogP contribution in [0.3, 0.4) is 0 Å². The number of Topliss-reactive ketones (excluding diaryl/α,β-unsaturated/α-hetero) is 2. The second kappa shape index (κ2) is 39.6. The largest absolute Gasteiger partial charge is 0.459 e. The fourth-order valence-electron chi connectivity index (χ4n) is 15.1. The van der Waals surface area contributed by atoms with Crippen LogP contribution >= 0.6 is 0 Å². The van der Waals surface area contributed by atoms with Gasteiger partial charge in [0.1, 0.15) is 24.4 Å². The van der Waals surface area contributed by atoms with Crippen molar-refractivity contribution in [3.63, 3.8) is 0 Å². The van der Waals surface area contributed by atoms with Crippen LogP contribution in [-0.2, 0) is 47.5 Å². The Balaban J connectivity index is 1.05. The summed E-state index contributed by atoms with van der Waals surface area (Å²) in [6.07, 6.45) is -13.5. The van der Waals surface area contributed by atoms with Gasteiger partial charge in [0.25, 0.3) is 0 Å². The average molecular weight is 1460 g/mol. The summed E-state index contributed by atoms with van der Waals surface area (Å²) in [6, 6.07) is 4.40. The summed E-state index contributed by atoms with van der Waals surface area (Å²) in [4.78, 5) is 66.0. The maximum absolute atomic E-state index is 13.8. The number of aliphatic hydroxyl groups is 14. The molecule has 103 heavy (non-hydrogen) atoms. The molecule has 1 aliphatic carbocycles. The zero-order valence-corrected chi connectivity index (χ0v) is 62.2. The van der Waals surface area contributed by atoms with E-state index in [-0.39, 0.29) is 112 Å². The van der Waals surface area contributed by atoms with Gasteiger partial charge >= 0.3 is 11.9 Å². The van der Waals surface area contributed by atoms with E-state index in [1.54, 1.807) is 75.3 Å². The number of esters is 2. The molecule has 0 saturated carbocycles. The Kier molecular flexibility index (Phi) is 33.7. The van der Waals surface area contributed by atoms with Gasteiger partial charge in [-0.3, -0.25) is 19.2 Å². The molecule has 1 aromatic rings. The number of allylic oxidation sites excluding steroid dienone is 2. The lowest BCUT2D eigenvalue weighted by molar-refractivity contribution is -0.330. The van der Waals surface area contributed by atoms with Gasteiger partial charge in [-0.25, -0.2) is 4.79 Å². The number of hydrogen-bond acceptors (Lipinski definition) is 26. The molecule has 2 bridgehead atoms. The van der Waals surface area contributed by atoms with Gasteiger partial charge in [-0.1, -0.05) is 72.8 Å². The molecule has 0 aromatic heterocycles. The van der Waals surface area contributed by atoms with Crippen LogP contribution < -0.4 is 0 Å². The predicted octanol–water partition coefficient (Wildman–Crippen LogP) is 5.13. The van der Waals surface area contributed by atoms with E-state index in [0.717, 1.165) is 6.08 Å². The molecule has 3 saturated heterocycles. The number of carbonyl (C=O) groups is 5. The molecule has 0 radical (unpaired) electrons. The summed E-state index contributed by atoms with van der Waals surface area (Å²) in [5.74, 6) is -11.3. The fourth-order valence-corrected chi connectivity index (χ4v) is 15.1. The first-order valence-electron chi connectivity index (χ1n) is 37.4. The molecule has 4 aliphatic heterocycles. The van der Waals surface area contributed by atoms with E-state index in [2.05, 4.69) is 0 Å². The van der Waals surface area contributed by atoms with Crippen LogP contribution in [0.25, 0.3) is 0 Å². The number of ketones is 3. The molecule has 26 nitrogen and oxygen atoms in total. The van der Waals surface area contributed by atoms with E-state index in [4.69, 9.17) is 33.2 Å². The maximum atomic E-state index is 13.8. The molecule has 26 heteroatoms. The Morgan fingerprint density at radius 2 is 1.27 bits per heavy atom. The Morgan fingerprint density at radius 3 is 1.93 bits per heavy atom. The van der Waals surface area contributed by atoms with E-state index in [9.17, 15) is 95.5 Å². The number of ether oxygens (including phenoxy) is 7. The topological polar surface area (TPSA) is 433 Å². The molecule has 1 aromatic carbocycles. The molecule has 14 N–H and O–H groups in total. The van der Waals surface area contributed by atoms with E-state index in [1.807, 2.05) is 6.92 Å². The Labute approximate surface area is 606 Å². The third-order valence-corrected chi connectivity index (χ3v) is 21.9. The first-order valence-corrected chi connectivity index (χ1v) is 37.4. The third kappa shape index (κ3) is 24.8. The van der Waals surface area contributed by atoms with Crippen molar-refractivity contribution in [2.24, 2.45) is 41.4 Å². The van der Waals surface area contributed by atoms with Gasteiger partial charge in [0.05, 0.1) is 103 Å². The van der Waals surface area contributed by atoms with Crippen molar-refractivity contribution in [1.29, 1.82) is 0 Å². The molecule has 3 fully saturated rings. The minimum Gasteiger partial charge on any atom is -0.459 e. The van der Waals surface area contributed by atoms with Crippen LogP contribution in [0.1, 0.15) is 231 Å². The number of rotatable bonds is 15. The van der Waals surface area contributed by atoms with Crippen molar-refractivity contribution in [3.05, 3.63) is 70.8 Å². The summed E-state index contributed by atoms with van der Waals surface area (Å²) in [6.45, 7) is 20.0. The Bertz CT molecular complexity index is 2970. The van der Waals surface area contributed by atoms with Crippen molar-refractivity contribution < 1.29 is 129 Å². The highest BCUT2D eigenvalue weighted by molar-refractivity contribution is 6.24. The van der Waals surface area contributed by atoms with Crippen LogP contribution in [0.2, 0.25) is 0 Å². The fraction of sp³-hybridized carbons (Fsp3) is 0.779. The molecule has 30 unspecified atom stereocenters. The van der Waals surface area contributed by atoms with Gasteiger partial charge < -0.3 is 105 Å². The van der Waals surface area contributed by atoms with Crippen molar-refractivity contribution in [1.82, 2.24) is 0 Å². The van der Waals surface area contributed by atoms with E-state index in [1.165, 1.54) is 43.4 Å². The van der Waals surface area contributed by atoms with Gasteiger partial charge in [0.2, 0.25) is 11.6 Å². The van der Waals surface area contributed by atoms with Gasteiger partial charge in [0.15, 0.2) is 24.1 Å². The number of carbonyl (C=O) groups excluding carboxylic acids is 5. The second-order valence-corrected chi connectivity index (χ2v) is 31.0. The molecular formula is C77H122O26. The van der Waals surface area contributed by atoms with Crippen LogP contribution in [0.4, 0.5) is 0 Å². The number of aliphatic hydroxyl groups excluding tert-OH is 12. The highest BCUT2D eigenvalue weighted by atomic mass is 16.7. The van der Waals surface area contributed by atoms with Crippen LogP contribution in [-0.4, -0.2) is 235 Å². The summed E-state index contributed by atoms with van der Waals surface area (Å²) in [7, 11) is 0. The normalized spacial score (nSPS) is 38.4. The third-order valence-electron chi connectivity index (χ3n) is 21.9. The predicted molar refractivity (Wildman–Crippen MR) is 375 cm³/mol. The quantitative estimate of drug-likeness (QED) is 0.0799. The van der Waals surface area contributed by atoms with Crippen LogP contribution in [0, 0.1) is 41.4 Å². The number of fused-ring (bicyclic) bond motifs is 3. The lowest BCUT2D eigenvalue weighted by Crippen LogP contribution is -2.59. The van der Waals surface area contributed by atoms with Gasteiger partial charge in [0, 0.05) is 71.6 Å². The molecule has 4 heterocycles. The highest BCUT2D eigenvalue weighted by Crippen LogP contribution is 2.40. The van der Waals surface area contributed by atoms with Gasteiger partial charge in [-0.05, 0) is 161 Å². The second-order valence-electron chi connectivity index (χ2n) is 31.0. The minimum absolute atomic E-state index is 0.0469. The molecular weight excluding hydrogens is 1340 g/mol. The van der Waals surface area contributed by atoms with E-state index < -0.39 is 206 Å². The molecule has 586 valence electrons. The van der Waals surface area contributed by atoms with Crippen molar-refractivity contribution in [2.45, 2.75) is 339 Å². The van der Waals surface area contributed by atoms with Gasteiger partial charge in [-0.15, -0.1) is 0 Å². The smallest absolute Gasteiger partial charge is 0.330 e. The first-order chi connectivity index (χ1) is 48.2. The number of benzene rings is 1. The first kappa shape index (κ1) is 87.5. The van der Waals surface area contributed by atoms with Crippen molar-refractivity contribution in [2.75, 3.05) is 0 Å². The Hall–Kier alpha value is -4.37.